The van der Waals surface area contributed by atoms with E-state index in [1.165, 1.54) is 0 Å². The van der Waals surface area contributed by atoms with Crippen LogP contribution in [0.25, 0.3) is 0 Å². The number of rotatable bonds is 3. The molecule has 1 aromatic rings. The second-order valence-corrected chi connectivity index (χ2v) is 5.02. The van der Waals surface area contributed by atoms with Crippen molar-refractivity contribution in [3.05, 3.63) is 17.7 Å². The summed E-state index contributed by atoms with van der Waals surface area (Å²) >= 11 is 0. The average Bonchev–Trinajstić information content (AvgIpc) is 2.39. The zero-order valence-electron chi connectivity index (χ0n) is 11.6. The molecule has 0 atom stereocenters. The molecule has 1 aromatic heterocycles. The van der Waals surface area contributed by atoms with E-state index in [-0.39, 0.29) is 17.7 Å². The van der Waals surface area contributed by atoms with Crippen molar-refractivity contribution in [1.29, 1.82) is 0 Å². The van der Waals surface area contributed by atoms with Gasteiger partial charge >= 0.3 is 0 Å². The number of likely N-dealkylation sites (tertiary alicyclic amines) is 1. The Kier molecular flexibility index (Phi) is 4.19. The van der Waals surface area contributed by atoms with E-state index in [1.807, 2.05) is 11.9 Å². The van der Waals surface area contributed by atoms with Crippen LogP contribution in [0.1, 0.15) is 12.8 Å². The van der Waals surface area contributed by atoms with E-state index in [0.29, 0.717) is 0 Å². The number of nitrogens with one attached hydrogen (secondary N) is 1. The summed E-state index contributed by atoms with van der Waals surface area (Å²) in [6.45, 7) is 1.97. The Bertz CT molecular complexity index is 445. The number of hydrogen-bond donors (Lipinski definition) is 1. The van der Waals surface area contributed by atoms with Crippen LogP contribution < -0.4 is 10.2 Å². The molecule has 0 radical (unpaired) electrons. The molecule has 0 saturated carbocycles. The molecule has 1 N–H and O–H groups in total. The lowest BCUT2D eigenvalue weighted by atomic mass is 10.0. The molecule has 0 spiro atoms. The van der Waals surface area contributed by atoms with Gasteiger partial charge in [0.25, 0.3) is 0 Å². The SMILES string of the molecule is CNc1nc(N(C)C2CCN(C)CC2)c(F)cc1F. The first-order chi connectivity index (χ1) is 9.02. The highest BCUT2D eigenvalue weighted by Crippen LogP contribution is 2.25. The molecule has 2 heterocycles. The van der Waals surface area contributed by atoms with Gasteiger partial charge < -0.3 is 15.1 Å². The quantitative estimate of drug-likeness (QED) is 0.909. The van der Waals surface area contributed by atoms with Gasteiger partial charge in [-0.1, -0.05) is 0 Å². The van der Waals surface area contributed by atoms with Crippen LogP contribution in [-0.4, -0.2) is 50.2 Å². The molecule has 1 aliphatic heterocycles. The van der Waals surface area contributed by atoms with Gasteiger partial charge in [0.2, 0.25) is 0 Å². The Morgan fingerprint density at radius 1 is 1.32 bits per heavy atom. The Labute approximate surface area is 112 Å². The molecule has 19 heavy (non-hydrogen) atoms. The molecule has 0 aliphatic carbocycles. The van der Waals surface area contributed by atoms with Crippen molar-refractivity contribution < 1.29 is 8.78 Å². The number of nitrogens with zero attached hydrogens (tertiary/aromatic N) is 3. The van der Waals surface area contributed by atoms with E-state index in [0.717, 1.165) is 32.0 Å². The van der Waals surface area contributed by atoms with Crippen molar-refractivity contribution in [1.82, 2.24) is 9.88 Å². The predicted molar refractivity (Wildman–Crippen MR) is 72.6 cm³/mol. The number of hydrogen-bond acceptors (Lipinski definition) is 4. The molecule has 0 unspecified atom stereocenters. The van der Waals surface area contributed by atoms with Crippen molar-refractivity contribution in [2.24, 2.45) is 0 Å². The van der Waals surface area contributed by atoms with E-state index in [2.05, 4.69) is 22.2 Å². The maximum Gasteiger partial charge on any atom is 0.168 e. The Morgan fingerprint density at radius 3 is 2.53 bits per heavy atom. The molecule has 6 heteroatoms. The van der Waals surface area contributed by atoms with Gasteiger partial charge in [-0.25, -0.2) is 13.8 Å². The molecule has 106 valence electrons. The Hall–Kier alpha value is -1.43. The summed E-state index contributed by atoms with van der Waals surface area (Å²) in [7, 11) is 5.47. The number of halogens is 2. The minimum absolute atomic E-state index is 0.0798. The normalized spacial score (nSPS) is 17.5. The van der Waals surface area contributed by atoms with Gasteiger partial charge in [-0.3, -0.25) is 0 Å². The van der Waals surface area contributed by atoms with Gasteiger partial charge in [-0.05, 0) is 33.0 Å². The largest absolute Gasteiger partial charge is 0.371 e. The van der Waals surface area contributed by atoms with Crippen LogP contribution in [0, 0.1) is 11.6 Å². The number of anilines is 2. The van der Waals surface area contributed by atoms with Gasteiger partial charge in [-0.15, -0.1) is 0 Å². The summed E-state index contributed by atoms with van der Waals surface area (Å²) in [5.74, 6) is -0.991. The summed E-state index contributed by atoms with van der Waals surface area (Å²) in [4.78, 5) is 8.11. The first-order valence-corrected chi connectivity index (χ1v) is 6.48. The number of pyridine rings is 1. The zero-order valence-corrected chi connectivity index (χ0v) is 11.6. The second kappa shape index (κ2) is 5.69. The lowest BCUT2D eigenvalue weighted by Gasteiger charge is -2.35. The minimum atomic E-state index is -0.666. The average molecular weight is 270 g/mol. The molecular formula is C13H20F2N4. The fourth-order valence-electron chi connectivity index (χ4n) is 2.43. The standard InChI is InChI=1S/C13H20F2N4/c1-16-12-10(14)8-11(15)13(17-12)19(3)9-4-6-18(2)7-5-9/h8-9H,4-7H2,1-3H3,(H,16,17). The van der Waals surface area contributed by atoms with E-state index in [4.69, 9.17) is 0 Å². The predicted octanol–water partition coefficient (Wildman–Crippen LogP) is 1.93. The van der Waals surface area contributed by atoms with Crippen molar-refractivity contribution in [3.63, 3.8) is 0 Å². The molecule has 0 amide bonds. The lowest BCUT2D eigenvalue weighted by Crippen LogP contribution is -2.42. The molecule has 1 fully saturated rings. The smallest absolute Gasteiger partial charge is 0.168 e. The highest BCUT2D eigenvalue weighted by Gasteiger charge is 2.24. The molecule has 1 saturated heterocycles. The molecule has 0 aromatic carbocycles. The van der Waals surface area contributed by atoms with E-state index >= 15 is 0 Å². The first kappa shape index (κ1) is 14.0. The number of piperidine rings is 1. The molecule has 2 rings (SSSR count). The maximum absolute atomic E-state index is 13.9. The van der Waals surface area contributed by atoms with E-state index < -0.39 is 11.6 Å². The van der Waals surface area contributed by atoms with Crippen LogP contribution in [0.15, 0.2) is 6.07 Å². The van der Waals surface area contributed by atoms with Crippen molar-refractivity contribution in [2.45, 2.75) is 18.9 Å². The minimum Gasteiger partial charge on any atom is -0.371 e. The van der Waals surface area contributed by atoms with Crippen LogP contribution in [0.4, 0.5) is 20.4 Å². The van der Waals surface area contributed by atoms with Crippen LogP contribution in [0.5, 0.6) is 0 Å². The van der Waals surface area contributed by atoms with Crippen LogP contribution in [-0.2, 0) is 0 Å². The zero-order chi connectivity index (χ0) is 14.0. The third-order valence-corrected chi connectivity index (χ3v) is 3.72. The summed E-state index contributed by atoms with van der Waals surface area (Å²) in [6, 6.07) is 1.13. The van der Waals surface area contributed by atoms with Crippen molar-refractivity contribution in [2.75, 3.05) is 44.4 Å². The topological polar surface area (TPSA) is 31.4 Å². The summed E-state index contributed by atoms with van der Waals surface area (Å²) in [5, 5.41) is 2.64. The maximum atomic E-state index is 13.9. The van der Waals surface area contributed by atoms with E-state index in [9.17, 15) is 8.78 Å². The third-order valence-electron chi connectivity index (χ3n) is 3.72. The van der Waals surface area contributed by atoms with Crippen molar-refractivity contribution in [3.8, 4) is 0 Å². The van der Waals surface area contributed by atoms with Crippen LogP contribution >= 0.6 is 0 Å². The van der Waals surface area contributed by atoms with Crippen molar-refractivity contribution >= 4 is 11.6 Å². The Morgan fingerprint density at radius 2 is 1.95 bits per heavy atom. The molecule has 1 aliphatic rings. The Balaban J connectivity index is 2.21. The van der Waals surface area contributed by atoms with Gasteiger partial charge in [0.05, 0.1) is 0 Å². The van der Waals surface area contributed by atoms with Gasteiger partial charge in [-0.2, -0.15) is 0 Å². The molecular weight excluding hydrogens is 250 g/mol. The fraction of sp³-hybridized carbons (Fsp3) is 0.615. The molecule has 4 nitrogen and oxygen atoms in total. The van der Waals surface area contributed by atoms with E-state index in [1.54, 1.807) is 7.05 Å². The highest BCUT2D eigenvalue weighted by molar-refractivity contribution is 5.49. The van der Waals surface area contributed by atoms with Gasteiger partial charge in [0.1, 0.15) is 0 Å². The number of aromatic nitrogens is 1. The van der Waals surface area contributed by atoms with Gasteiger partial charge in [0.15, 0.2) is 23.3 Å². The first-order valence-electron chi connectivity index (χ1n) is 6.48. The monoisotopic (exact) mass is 270 g/mol. The highest BCUT2D eigenvalue weighted by atomic mass is 19.1. The second-order valence-electron chi connectivity index (χ2n) is 5.02. The summed E-state index contributed by atoms with van der Waals surface area (Å²) in [5.41, 5.74) is 0. The third kappa shape index (κ3) is 2.94. The summed E-state index contributed by atoms with van der Waals surface area (Å²) in [6.07, 6.45) is 1.92. The summed E-state index contributed by atoms with van der Waals surface area (Å²) < 4.78 is 27.3. The lowest BCUT2D eigenvalue weighted by molar-refractivity contribution is 0.252. The fourth-order valence-corrected chi connectivity index (χ4v) is 2.43. The van der Waals surface area contributed by atoms with Crippen LogP contribution in [0.3, 0.4) is 0 Å². The van der Waals surface area contributed by atoms with Crippen LogP contribution in [0.2, 0.25) is 0 Å². The van der Waals surface area contributed by atoms with Gasteiger partial charge in [0, 0.05) is 26.2 Å². The molecule has 0 bridgehead atoms.